The number of nitrogens with one attached hydrogen (secondary N) is 1. The van der Waals surface area contributed by atoms with Crippen molar-refractivity contribution in [2.24, 2.45) is 5.10 Å². The topological polar surface area (TPSA) is 41.5 Å². The lowest BCUT2D eigenvalue weighted by atomic mass is 10.1. The minimum atomic E-state index is -0.0991. The van der Waals surface area contributed by atoms with E-state index in [4.69, 9.17) is 11.6 Å². The SMILES string of the molecule is O=C(CCSc1ccc(Cl)cc1)N/N=C\c1cccc2ccccc12. The van der Waals surface area contributed by atoms with Crippen LogP contribution in [0.15, 0.2) is 76.7 Å². The van der Waals surface area contributed by atoms with Crippen molar-refractivity contribution >= 4 is 46.3 Å². The first-order valence-electron chi connectivity index (χ1n) is 7.90. The average molecular weight is 369 g/mol. The van der Waals surface area contributed by atoms with E-state index in [0.717, 1.165) is 21.2 Å². The Labute approximate surface area is 156 Å². The highest BCUT2D eigenvalue weighted by atomic mass is 35.5. The van der Waals surface area contributed by atoms with Gasteiger partial charge in [-0.15, -0.1) is 11.8 Å². The van der Waals surface area contributed by atoms with Gasteiger partial charge >= 0.3 is 0 Å². The second-order valence-electron chi connectivity index (χ2n) is 5.41. The van der Waals surface area contributed by atoms with Crippen LogP contribution in [0.4, 0.5) is 0 Å². The van der Waals surface area contributed by atoms with Crippen molar-refractivity contribution in [2.45, 2.75) is 11.3 Å². The van der Waals surface area contributed by atoms with Crippen LogP contribution in [0.1, 0.15) is 12.0 Å². The van der Waals surface area contributed by atoms with Crippen LogP contribution >= 0.6 is 23.4 Å². The number of fused-ring (bicyclic) bond motifs is 1. The zero-order chi connectivity index (χ0) is 17.5. The number of hydrogen-bond donors (Lipinski definition) is 1. The highest BCUT2D eigenvalue weighted by Gasteiger charge is 2.02. The van der Waals surface area contributed by atoms with Gasteiger partial charge in [-0.2, -0.15) is 5.10 Å². The lowest BCUT2D eigenvalue weighted by molar-refractivity contribution is -0.120. The van der Waals surface area contributed by atoms with E-state index in [1.54, 1.807) is 18.0 Å². The van der Waals surface area contributed by atoms with Gasteiger partial charge in [0.05, 0.1) is 6.21 Å². The molecule has 0 unspecified atom stereocenters. The summed E-state index contributed by atoms with van der Waals surface area (Å²) in [6.45, 7) is 0. The zero-order valence-electron chi connectivity index (χ0n) is 13.5. The van der Waals surface area contributed by atoms with E-state index in [0.29, 0.717) is 17.2 Å². The number of hydrazone groups is 1. The Kier molecular flexibility index (Phi) is 6.09. The van der Waals surface area contributed by atoms with Crippen LogP contribution in [0, 0.1) is 0 Å². The van der Waals surface area contributed by atoms with Crippen LogP contribution in [0.2, 0.25) is 5.02 Å². The Balaban J connectivity index is 1.50. The molecule has 0 fully saturated rings. The maximum atomic E-state index is 11.9. The number of halogens is 1. The molecule has 0 saturated carbocycles. The standard InChI is InChI=1S/C20H17ClN2OS/c21-17-8-10-18(11-9-17)25-13-12-20(24)23-22-14-16-6-3-5-15-4-1-2-7-19(15)16/h1-11,14H,12-13H2,(H,23,24)/b22-14-. The van der Waals surface area contributed by atoms with Gasteiger partial charge in [0.2, 0.25) is 5.91 Å². The molecule has 3 aromatic carbocycles. The molecular weight excluding hydrogens is 352 g/mol. The number of amides is 1. The summed E-state index contributed by atoms with van der Waals surface area (Å²) in [5.41, 5.74) is 3.57. The molecule has 0 aliphatic carbocycles. The van der Waals surface area contributed by atoms with Crippen LogP contribution in [-0.2, 0) is 4.79 Å². The normalized spacial score (nSPS) is 11.1. The summed E-state index contributed by atoms with van der Waals surface area (Å²) in [6, 6.07) is 21.7. The molecule has 25 heavy (non-hydrogen) atoms. The first kappa shape index (κ1) is 17.5. The van der Waals surface area contributed by atoms with Gasteiger partial charge in [-0.25, -0.2) is 5.43 Å². The smallest absolute Gasteiger partial charge is 0.240 e. The van der Waals surface area contributed by atoms with Crippen LogP contribution in [0.25, 0.3) is 10.8 Å². The lowest BCUT2D eigenvalue weighted by Crippen LogP contribution is -2.17. The fraction of sp³-hybridized carbons (Fsp3) is 0.100. The first-order chi connectivity index (χ1) is 12.2. The highest BCUT2D eigenvalue weighted by Crippen LogP contribution is 2.21. The third-order valence-electron chi connectivity index (χ3n) is 3.63. The second-order valence-corrected chi connectivity index (χ2v) is 7.02. The Bertz CT molecular complexity index is 888. The molecule has 0 spiro atoms. The van der Waals surface area contributed by atoms with Gasteiger partial charge in [0.15, 0.2) is 0 Å². The third-order valence-corrected chi connectivity index (χ3v) is 4.89. The average Bonchev–Trinajstić information content (AvgIpc) is 2.64. The van der Waals surface area contributed by atoms with Crippen molar-refractivity contribution in [1.82, 2.24) is 5.43 Å². The van der Waals surface area contributed by atoms with Gasteiger partial charge in [-0.3, -0.25) is 4.79 Å². The number of benzene rings is 3. The quantitative estimate of drug-likeness (QED) is 0.372. The summed E-state index contributed by atoms with van der Waals surface area (Å²) in [5.74, 6) is 0.593. The second kappa shape index (κ2) is 8.70. The summed E-state index contributed by atoms with van der Waals surface area (Å²) in [6.07, 6.45) is 2.09. The Morgan fingerprint density at radius 3 is 2.64 bits per heavy atom. The van der Waals surface area contributed by atoms with E-state index in [2.05, 4.69) is 22.7 Å². The minimum absolute atomic E-state index is 0.0991. The molecule has 0 aliphatic rings. The molecule has 126 valence electrons. The molecule has 0 aliphatic heterocycles. The first-order valence-corrected chi connectivity index (χ1v) is 9.27. The number of nitrogens with zero attached hydrogens (tertiary/aromatic N) is 1. The number of carbonyl (C=O) groups is 1. The van der Waals surface area contributed by atoms with Crippen molar-refractivity contribution in [1.29, 1.82) is 0 Å². The van der Waals surface area contributed by atoms with Gasteiger partial charge in [-0.05, 0) is 35.0 Å². The molecule has 0 bridgehead atoms. The lowest BCUT2D eigenvalue weighted by Gasteiger charge is -2.03. The maximum absolute atomic E-state index is 11.9. The molecule has 0 heterocycles. The van der Waals surface area contributed by atoms with Crippen molar-refractivity contribution in [3.05, 3.63) is 77.3 Å². The number of carbonyl (C=O) groups excluding carboxylic acids is 1. The summed E-state index contributed by atoms with van der Waals surface area (Å²) in [5, 5.41) is 7.05. The summed E-state index contributed by atoms with van der Waals surface area (Å²) in [7, 11) is 0. The van der Waals surface area contributed by atoms with Gasteiger partial charge in [-0.1, -0.05) is 54.1 Å². The summed E-state index contributed by atoms with van der Waals surface area (Å²) >= 11 is 7.47. The number of hydrogen-bond acceptors (Lipinski definition) is 3. The maximum Gasteiger partial charge on any atom is 0.240 e. The highest BCUT2D eigenvalue weighted by molar-refractivity contribution is 7.99. The predicted molar refractivity (Wildman–Crippen MR) is 106 cm³/mol. The number of thioether (sulfide) groups is 1. The molecule has 0 aromatic heterocycles. The molecule has 0 atom stereocenters. The molecule has 0 saturated heterocycles. The van der Waals surface area contributed by atoms with Crippen molar-refractivity contribution < 1.29 is 4.79 Å². The Morgan fingerprint density at radius 2 is 1.80 bits per heavy atom. The van der Waals surface area contributed by atoms with E-state index in [1.165, 1.54) is 0 Å². The van der Waals surface area contributed by atoms with Crippen molar-refractivity contribution in [2.75, 3.05) is 5.75 Å². The molecule has 3 rings (SSSR count). The molecule has 5 heteroatoms. The number of rotatable bonds is 6. The minimum Gasteiger partial charge on any atom is -0.273 e. The van der Waals surface area contributed by atoms with Crippen LogP contribution in [0.5, 0.6) is 0 Å². The van der Waals surface area contributed by atoms with Crippen molar-refractivity contribution in [3.63, 3.8) is 0 Å². The molecule has 3 aromatic rings. The van der Waals surface area contributed by atoms with Crippen molar-refractivity contribution in [3.8, 4) is 0 Å². The van der Waals surface area contributed by atoms with Crippen LogP contribution in [-0.4, -0.2) is 17.9 Å². The predicted octanol–water partition coefficient (Wildman–Crippen LogP) is 5.13. The monoisotopic (exact) mass is 368 g/mol. The third kappa shape index (κ3) is 5.08. The zero-order valence-corrected chi connectivity index (χ0v) is 15.1. The van der Waals surface area contributed by atoms with Crippen LogP contribution < -0.4 is 5.43 Å². The van der Waals surface area contributed by atoms with Gasteiger partial charge in [0, 0.05) is 27.7 Å². The molecular formula is C20H17ClN2OS. The Morgan fingerprint density at radius 1 is 1.04 bits per heavy atom. The summed E-state index contributed by atoms with van der Waals surface area (Å²) < 4.78 is 0. The molecule has 0 radical (unpaired) electrons. The summed E-state index contributed by atoms with van der Waals surface area (Å²) in [4.78, 5) is 13.0. The van der Waals surface area contributed by atoms with E-state index < -0.39 is 0 Å². The van der Waals surface area contributed by atoms with E-state index in [-0.39, 0.29) is 5.91 Å². The Hall–Kier alpha value is -2.30. The molecule has 1 N–H and O–H groups in total. The van der Waals surface area contributed by atoms with E-state index in [9.17, 15) is 4.79 Å². The van der Waals surface area contributed by atoms with E-state index in [1.807, 2.05) is 54.6 Å². The van der Waals surface area contributed by atoms with Crippen LogP contribution in [0.3, 0.4) is 0 Å². The fourth-order valence-corrected chi connectivity index (χ4v) is 3.36. The van der Waals surface area contributed by atoms with Gasteiger partial charge in [0.25, 0.3) is 0 Å². The largest absolute Gasteiger partial charge is 0.273 e. The fourth-order valence-electron chi connectivity index (χ4n) is 2.39. The van der Waals surface area contributed by atoms with Gasteiger partial charge in [0.1, 0.15) is 0 Å². The van der Waals surface area contributed by atoms with Gasteiger partial charge < -0.3 is 0 Å². The molecule has 3 nitrogen and oxygen atoms in total. The van der Waals surface area contributed by atoms with E-state index >= 15 is 0 Å². The molecule has 1 amide bonds.